The fourth-order valence-electron chi connectivity index (χ4n) is 2.27. The van der Waals surface area contributed by atoms with Crippen molar-refractivity contribution < 1.29 is 0 Å². The number of rotatable bonds is 6. The summed E-state index contributed by atoms with van der Waals surface area (Å²) in [4.78, 5) is 2.07. The van der Waals surface area contributed by atoms with Gasteiger partial charge in [0, 0.05) is 25.5 Å². The second-order valence-corrected chi connectivity index (χ2v) is 6.79. The fraction of sp³-hybridized carbons (Fsp3) is 0.211. The Labute approximate surface area is 152 Å². The Morgan fingerprint density at radius 2 is 1.76 bits per heavy atom. The summed E-state index contributed by atoms with van der Waals surface area (Å²) in [5.74, 6) is 1.61. The predicted molar refractivity (Wildman–Crippen MR) is 105 cm³/mol. The van der Waals surface area contributed by atoms with E-state index in [-0.39, 0.29) is 0 Å². The van der Waals surface area contributed by atoms with Gasteiger partial charge in [0.15, 0.2) is 5.82 Å². The molecule has 0 amide bonds. The fourth-order valence-corrected chi connectivity index (χ4v) is 3.15. The summed E-state index contributed by atoms with van der Waals surface area (Å²) in [6, 6.07) is 18.6. The van der Waals surface area contributed by atoms with Crippen LogP contribution >= 0.6 is 11.8 Å². The molecule has 1 aromatic heterocycles. The second-order valence-electron chi connectivity index (χ2n) is 5.85. The lowest BCUT2D eigenvalue weighted by molar-refractivity contribution is 0.744. The van der Waals surface area contributed by atoms with E-state index in [1.54, 1.807) is 16.4 Å². The molecule has 0 atom stereocenters. The van der Waals surface area contributed by atoms with E-state index >= 15 is 0 Å². The first kappa shape index (κ1) is 17.2. The van der Waals surface area contributed by atoms with Crippen LogP contribution in [-0.4, -0.2) is 35.2 Å². The van der Waals surface area contributed by atoms with Crippen LogP contribution in [0.15, 0.2) is 64.9 Å². The molecule has 0 aliphatic rings. The van der Waals surface area contributed by atoms with Gasteiger partial charge in [-0.05, 0) is 30.2 Å². The van der Waals surface area contributed by atoms with Crippen molar-refractivity contribution in [2.45, 2.75) is 17.8 Å². The van der Waals surface area contributed by atoms with Crippen LogP contribution in [0.3, 0.4) is 0 Å². The molecule has 3 aromatic rings. The Morgan fingerprint density at radius 1 is 1.04 bits per heavy atom. The number of thioether (sulfide) groups is 1. The number of nitrogens with zero attached hydrogens (tertiary/aromatic N) is 5. The van der Waals surface area contributed by atoms with Gasteiger partial charge in [0.25, 0.3) is 0 Å². The summed E-state index contributed by atoms with van der Waals surface area (Å²) in [5.41, 5.74) is 3.46. The Morgan fingerprint density at radius 3 is 2.44 bits per heavy atom. The van der Waals surface area contributed by atoms with Gasteiger partial charge in [-0.3, -0.25) is 0 Å². The maximum absolute atomic E-state index is 4.56. The number of hydrogen-bond acceptors (Lipinski definition) is 5. The van der Waals surface area contributed by atoms with Gasteiger partial charge in [0.05, 0.1) is 6.21 Å². The summed E-state index contributed by atoms with van der Waals surface area (Å²) in [7, 11) is 4.06. The van der Waals surface area contributed by atoms with Crippen molar-refractivity contribution in [3.05, 3.63) is 71.5 Å². The third kappa shape index (κ3) is 4.48. The number of anilines is 1. The van der Waals surface area contributed by atoms with Crippen molar-refractivity contribution in [1.82, 2.24) is 14.9 Å². The Bertz CT molecular complexity index is 838. The van der Waals surface area contributed by atoms with E-state index in [2.05, 4.69) is 56.6 Å². The molecule has 0 spiro atoms. The molecule has 0 saturated heterocycles. The molecule has 0 unspecified atom stereocenters. The van der Waals surface area contributed by atoms with Gasteiger partial charge in [-0.1, -0.05) is 54.2 Å². The lowest BCUT2D eigenvalue weighted by Gasteiger charge is -2.11. The summed E-state index contributed by atoms with van der Waals surface area (Å²) in [6.45, 7) is 1.91. The quantitative estimate of drug-likeness (QED) is 0.500. The number of aryl methyl sites for hydroxylation is 1. The molecule has 0 fully saturated rings. The minimum absolute atomic E-state index is 0.775. The van der Waals surface area contributed by atoms with Crippen molar-refractivity contribution in [2.75, 3.05) is 19.0 Å². The van der Waals surface area contributed by atoms with Crippen molar-refractivity contribution in [2.24, 2.45) is 5.10 Å². The van der Waals surface area contributed by atoms with Gasteiger partial charge in [0.1, 0.15) is 0 Å². The van der Waals surface area contributed by atoms with Crippen molar-refractivity contribution in [1.29, 1.82) is 0 Å². The van der Waals surface area contributed by atoms with Gasteiger partial charge in [-0.25, -0.2) is 0 Å². The number of benzene rings is 2. The molecular formula is C19H21N5S. The molecule has 0 aliphatic carbocycles. The Kier molecular flexibility index (Phi) is 5.50. The van der Waals surface area contributed by atoms with Crippen molar-refractivity contribution >= 4 is 23.7 Å². The minimum atomic E-state index is 0.775. The average molecular weight is 351 g/mol. The van der Waals surface area contributed by atoms with Crippen LogP contribution in [0, 0.1) is 6.92 Å². The highest BCUT2D eigenvalue weighted by atomic mass is 32.2. The van der Waals surface area contributed by atoms with Crippen LogP contribution in [0.5, 0.6) is 0 Å². The topological polar surface area (TPSA) is 46.3 Å². The van der Waals surface area contributed by atoms with E-state index in [1.165, 1.54) is 5.56 Å². The lowest BCUT2D eigenvalue weighted by atomic mass is 10.2. The first-order chi connectivity index (χ1) is 12.1. The number of hydrogen-bond donors (Lipinski definition) is 0. The zero-order chi connectivity index (χ0) is 17.6. The largest absolute Gasteiger partial charge is 0.378 e. The molecule has 2 aromatic carbocycles. The van der Waals surface area contributed by atoms with Gasteiger partial charge >= 0.3 is 0 Å². The van der Waals surface area contributed by atoms with E-state index in [0.717, 1.165) is 28.0 Å². The van der Waals surface area contributed by atoms with Gasteiger partial charge in [0.2, 0.25) is 5.16 Å². The van der Waals surface area contributed by atoms with Crippen LogP contribution in [0.25, 0.3) is 0 Å². The SMILES string of the molecule is Cc1nnc(SCc2ccccc2)n1N=Cc1ccc(N(C)C)cc1. The smallest absolute Gasteiger partial charge is 0.212 e. The summed E-state index contributed by atoms with van der Waals surface area (Å²) < 4.78 is 1.79. The van der Waals surface area contributed by atoms with E-state index < -0.39 is 0 Å². The first-order valence-electron chi connectivity index (χ1n) is 8.04. The summed E-state index contributed by atoms with van der Waals surface area (Å²) in [6.07, 6.45) is 1.84. The normalized spacial score (nSPS) is 11.2. The van der Waals surface area contributed by atoms with Crippen molar-refractivity contribution in [3.63, 3.8) is 0 Å². The third-order valence-electron chi connectivity index (χ3n) is 3.71. The van der Waals surface area contributed by atoms with E-state index in [4.69, 9.17) is 0 Å². The molecule has 1 heterocycles. The van der Waals surface area contributed by atoms with Crippen LogP contribution in [-0.2, 0) is 5.75 Å². The molecule has 0 N–H and O–H groups in total. The highest BCUT2D eigenvalue weighted by Crippen LogP contribution is 2.21. The maximum Gasteiger partial charge on any atom is 0.212 e. The summed E-state index contributed by atoms with van der Waals surface area (Å²) >= 11 is 1.63. The monoisotopic (exact) mass is 351 g/mol. The zero-order valence-corrected chi connectivity index (χ0v) is 15.4. The molecule has 5 nitrogen and oxygen atoms in total. The molecule has 0 aliphatic heterocycles. The standard InChI is InChI=1S/C19H21N5S/c1-15-21-22-19(25-14-17-7-5-4-6-8-17)24(15)20-13-16-9-11-18(12-10-16)23(2)3/h4-13H,14H2,1-3H3. The molecule has 25 heavy (non-hydrogen) atoms. The van der Waals surface area contributed by atoms with E-state index in [1.807, 2.05) is 45.4 Å². The minimum Gasteiger partial charge on any atom is -0.378 e. The van der Waals surface area contributed by atoms with Gasteiger partial charge in [-0.2, -0.15) is 9.78 Å². The van der Waals surface area contributed by atoms with Crippen LogP contribution in [0.1, 0.15) is 17.0 Å². The first-order valence-corrected chi connectivity index (χ1v) is 9.02. The molecule has 3 rings (SSSR count). The van der Waals surface area contributed by atoms with Crippen LogP contribution in [0.4, 0.5) is 5.69 Å². The highest BCUT2D eigenvalue weighted by Gasteiger charge is 2.08. The zero-order valence-electron chi connectivity index (χ0n) is 14.6. The van der Waals surface area contributed by atoms with E-state index in [0.29, 0.717) is 0 Å². The molecule has 0 radical (unpaired) electrons. The average Bonchev–Trinajstić information content (AvgIpc) is 2.99. The molecule has 0 saturated carbocycles. The predicted octanol–water partition coefficient (Wildman–Crippen LogP) is 3.83. The third-order valence-corrected chi connectivity index (χ3v) is 4.70. The van der Waals surface area contributed by atoms with Crippen LogP contribution < -0.4 is 4.90 Å². The Hall–Kier alpha value is -2.60. The van der Waals surface area contributed by atoms with Gasteiger partial charge in [-0.15, -0.1) is 10.2 Å². The van der Waals surface area contributed by atoms with E-state index in [9.17, 15) is 0 Å². The lowest BCUT2D eigenvalue weighted by Crippen LogP contribution is -2.08. The van der Waals surface area contributed by atoms with Crippen molar-refractivity contribution in [3.8, 4) is 0 Å². The Balaban J connectivity index is 1.72. The van der Waals surface area contributed by atoms with Crippen LogP contribution in [0.2, 0.25) is 0 Å². The second kappa shape index (κ2) is 7.98. The number of aromatic nitrogens is 3. The maximum atomic E-state index is 4.56. The molecule has 0 bridgehead atoms. The molecule has 128 valence electrons. The van der Waals surface area contributed by atoms with Gasteiger partial charge < -0.3 is 4.90 Å². The summed E-state index contributed by atoms with van der Waals surface area (Å²) in [5, 5.41) is 13.7. The highest BCUT2D eigenvalue weighted by molar-refractivity contribution is 7.98. The molecular weight excluding hydrogens is 330 g/mol. The molecule has 6 heteroatoms.